The fourth-order valence-electron chi connectivity index (χ4n) is 1.52. The first-order chi connectivity index (χ1) is 7.31. The standard InChI is InChI=1S/C11H11NO3/c13-8-9-2-4-10(5-3-9)12-6-1-7-15-11(12)14/h2-5,8H,1,6-7H2. The summed E-state index contributed by atoms with van der Waals surface area (Å²) < 4.78 is 4.92. The van der Waals surface area contributed by atoms with Crippen LogP contribution in [0.4, 0.5) is 10.5 Å². The predicted octanol–water partition coefficient (Wildman–Crippen LogP) is 1.85. The summed E-state index contributed by atoms with van der Waals surface area (Å²) in [6.07, 6.45) is 1.29. The summed E-state index contributed by atoms with van der Waals surface area (Å²) in [5.41, 5.74) is 1.37. The topological polar surface area (TPSA) is 46.6 Å². The second-order valence-corrected chi connectivity index (χ2v) is 3.33. The third-order valence-electron chi connectivity index (χ3n) is 2.31. The van der Waals surface area contributed by atoms with Crippen molar-refractivity contribution in [2.45, 2.75) is 6.42 Å². The van der Waals surface area contributed by atoms with Gasteiger partial charge in [0.05, 0.1) is 6.61 Å². The highest BCUT2D eigenvalue weighted by molar-refractivity contribution is 5.88. The summed E-state index contributed by atoms with van der Waals surface area (Å²) in [5, 5.41) is 0. The molecule has 0 spiro atoms. The van der Waals surface area contributed by atoms with Crippen molar-refractivity contribution in [3.8, 4) is 0 Å². The summed E-state index contributed by atoms with van der Waals surface area (Å²) in [5.74, 6) is 0. The number of benzene rings is 1. The van der Waals surface area contributed by atoms with Crippen molar-refractivity contribution in [3.05, 3.63) is 29.8 Å². The lowest BCUT2D eigenvalue weighted by molar-refractivity contribution is 0.112. The minimum atomic E-state index is -0.319. The highest BCUT2D eigenvalue weighted by Gasteiger charge is 2.20. The number of aldehydes is 1. The van der Waals surface area contributed by atoms with Crippen molar-refractivity contribution in [1.82, 2.24) is 0 Å². The van der Waals surface area contributed by atoms with Crippen LogP contribution in [0.2, 0.25) is 0 Å². The lowest BCUT2D eigenvalue weighted by Crippen LogP contribution is -2.37. The number of amides is 1. The third kappa shape index (κ3) is 1.98. The van der Waals surface area contributed by atoms with Crippen molar-refractivity contribution in [3.63, 3.8) is 0 Å². The molecule has 1 aromatic carbocycles. The fourth-order valence-corrected chi connectivity index (χ4v) is 1.52. The molecule has 1 amide bonds. The van der Waals surface area contributed by atoms with Crippen molar-refractivity contribution in [1.29, 1.82) is 0 Å². The molecule has 1 fully saturated rings. The summed E-state index contributed by atoms with van der Waals surface area (Å²) in [6.45, 7) is 1.15. The summed E-state index contributed by atoms with van der Waals surface area (Å²) in [7, 11) is 0. The average molecular weight is 205 g/mol. The molecular formula is C11H11NO3. The maximum atomic E-state index is 11.4. The molecule has 1 aromatic rings. The Hall–Kier alpha value is -1.84. The van der Waals surface area contributed by atoms with Gasteiger partial charge < -0.3 is 4.74 Å². The zero-order valence-corrected chi connectivity index (χ0v) is 8.18. The van der Waals surface area contributed by atoms with Crippen molar-refractivity contribution in [2.24, 2.45) is 0 Å². The predicted molar refractivity (Wildman–Crippen MR) is 55.1 cm³/mol. The van der Waals surface area contributed by atoms with Gasteiger partial charge in [0, 0.05) is 17.8 Å². The molecule has 0 N–H and O–H groups in total. The SMILES string of the molecule is O=Cc1ccc(N2CCCOC2=O)cc1. The number of ether oxygens (including phenoxy) is 1. The Labute approximate surface area is 87.4 Å². The van der Waals surface area contributed by atoms with Crippen LogP contribution in [0.3, 0.4) is 0 Å². The quantitative estimate of drug-likeness (QED) is 0.692. The second-order valence-electron chi connectivity index (χ2n) is 3.33. The molecule has 1 aliphatic heterocycles. The zero-order chi connectivity index (χ0) is 10.7. The minimum Gasteiger partial charge on any atom is -0.449 e. The lowest BCUT2D eigenvalue weighted by Gasteiger charge is -2.26. The molecule has 78 valence electrons. The van der Waals surface area contributed by atoms with Gasteiger partial charge in [-0.05, 0) is 30.7 Å². The first-order valence-corrected chi connectivity index (χ1v) is 4.81. The van der Waals surface area contributed by atoms with Gasteiger partial charge in [0.2, 0.25) is 0 Å². The van der Waals surface area contributed by atoms with Gasteiger partial charge in [0.25, 0.3) is 0 Å². The average Bonchev–Trinajstić information content (AvgIpc) is 2.30. The van der Waals surface area contributed by atoms with Crippen LogP contribution >= 0.6 is 0 Å². The molecule has 0 saturated carbocycles. The smallest absolute Gasteiger partial charge is 0.414 e. The van der Waals surface area contributed by atoms with Crippen LogP contribution in [-0.2, 0) is 4.74 Å². The molecule has 4 heteroatoms. The Morgan fingerprint density at radius 3 is 2.60 bits per heavy atom. The number of carbonyl (C=O) groups excluding carboxylic acids is 2. The van der Waals surface area contributed by atoms with Gasteiger partial charge in [-0.25, -0.2) is 4.79 Å². The van der Waals surface area contributed by atoms with Crippen LogP contribution in [0.25, 0.3) is 0 Å². The van der Waals surface area contributed by atoms with Gasteiger partial charge in [-0.1, -0.05) is 0 Å². The van der Waals surface area contributed by atoms with Gasteiger partial charge in [-0.2, -0.15) is 0 Å². The normalized spacial score (nSPS) is 16.0. The summed E-state index contributed by atoms with van der Waals surface area (Å²) >= 11 is 0. The van der Waals surface area contributed by atoms with Crippen molar-refractivity contribution in [2.75, 3.05) is 18.1 Å². The molecular weight excluding hydrogens is 194 g/mol. The van der Waals surface area contributed by atoms with Crippen molar-refractivity contribution >= 4 is 18.1 Å². The van der Waals surface area contributed by atoms with Gasteiger partial charge >= 0.3 is 6.09 Å². The molecule has 1 heterocycles. The van der Waals surface area contributed by atoms with E-state index in [0.717, 1.165) is 18.4 Å². The van der Waals surface area contributed by atoms with E-state index in [-0.39, 0.29) is 6.09 Å². The van der Waals surface area contributed by atoms with E-state index in [2.05, 4.69) is 0 Å². The minimum absolute atomic E-state index is 0.319. The second kappa shape index (κ2) is 4.13. The van der Waals surface area contributed by atoms with Gasteiger partial charge in [-0.15, -0.1) is 0 Å². The number of carbonyl (C=O) groups is 2. The number of hydrogen-bond acceptors (Lipinski definition) is 3. The largest absolute Gasteiger partial charge is 0.449 e. The van der Waals surface area contributed by atoms with Crippen LogP contribution in [0, 0.1) is 0 Å². The number of anilines is 1. The molecule has 4 nitrogen and oxygen atoms in total. The molecule has 2 rings (SSSR count). The zero-order valence-electron chi connectivity index (χ0n) is 8.18. The maximum absolute atomic E-state index is 11.4. The molecule has 0 unspecified atom stereocenters. The Morgan fingerprint density at radius 1 is 1.27 bits per heavy atom. The van der Waals surface area contributed by atoms with E-state index in [1.54, 1.807) is 29.2 Å². The van der Waals surface area contributed by atoms with Gasteiger partial charge in [0.15, 0.2) is 0 Å². The highest BCUT2D eigenvalue weighted by Crippen LogP contribution is 2.18. The first kappa shape index (κ1) is 9.71. The van der Waals surface area contributed by atoms with Crippen LogP contribution < -0.4 is 4.90 Å². The molecule has 1 aliphatic rings. The summed E-state index contributed by atoms with van der Waals surface area (Å²) in [4.78, 5) is 23.4. The van der Waals surface area contributed by atoms with Crippen LogP contribution in [0.15, 0.2) is 24.3 Å². The Kier molecular flexibility index (Phi) is 2.67. The molecule has 0 aromatic heterocycles. The van der Waals surface area contributed by atoms with Crippen LogP contribution in [0.5, 0.6) is 0 Å². The fraction of sp³-hybridized carbons (Fsp3) is 0.273. The van der Waals surface area contributed by atoms with E-state index in [9.17, 15) is 9.59 Å². The van der Waals surface area contributed by atoms with E-state index in [1.807, 2.05) is 0 Å². The number of rotatable bonds is 2. The van der Waals surface area contributed by atoms with E-state index in [0.29, 0.717) is 18.7 Å². The lowest BCUT2D eigenvalue weighted by atomic mass is 10.2. The number of hydrogen-bond donors (Lipinski definition) is 0. The molecule has 1 saturated heterocycles. The van der Waals surface area contributed by atoms with Gasteiger partial charge in [0.1, 0.15) is 6.29 Å². The Balaban J connectivity index is 2.20. The van der Waals surface area contributed by atoms with Gasteiger partial charge in [-0.3, -0.25) is 9.69 Å². The third-order valence-corrected chi connectivity index (χ3v) is 2.31. The Morgan fingerprint density at radius 2 is 2.00 bits per heavy atom. The van der Waals surface area contributed by atoms with Crippen molar-refractivity contribution < 1.29 is 14.3 Å². The van der Waals surface area contributed by atoms with Crippen LogP contribution in [-0.4, -0.2) is 25.5 Å². The van der Waals surface area contributed by atoms with Crippen LogP contribution in [0.1, 0.15) is 16.8 Å². The number of nitrogens with zero attached hydrogens (tertiary/aromatic N) is 1. The molecule has 0 atom stereocenters. The van der Waals surface area contributed by atoms with E-state index in [1.165, 1.54) is 0 Å². The highest BCUT2D eigenvalue weighted by atomic mass is 16.6. The monoisotopic (exact) mass is 205 g/mol. The molecule has 0 bridgehead atoms. The van der Waals surface area contributed by atoms with E-state index >= 15 is 0 Å². The Bertz CT molecular complexity index is 372. The molecule has 0 aliphatic carbocycles. The molecule has 0 radical (unpaired) electrons. The van der Waals surface area contributed by atoms with E-state index < -0.39 is 0 Å². The summed E-state index contributed by atoms with van der Waals surface area (Å²) in [6, 6.07) is 6.86. The number of cyclic esters (lactones) is 1. The molecule has 15 heavy (non-hydrogen) atoms. The van der Waals surface area contributed by atoms with E-state index in [4.69, 9.17) is 4.74 Å². The maximum Gasteiger partial charge on any atom is 0.414 e. The first-order valence-electron chi connectivity index (χ1n) is 4.81.